The Bertz CT molecular complexity index is 636. The van der Waals surface area contributed by atoms with Gasteiger partial charge in [0.1, 0.15) is 0 Å². The third-order valence-corrected chi connectivity index (χ3v) is 4.59. The zero-order valence-corrected chi connectivity index (χ0v) is 13.1. The molecule has 4 nitrogen and oxygen atoms in total. The van der Waals surface area contributed by atoms with E-state index in [0.29, 0.717) is 28.2 Å². The van der Waals surface area contributed by atoms with Gasteiger partial charge < -0.3 is 10.3 Å². The number of rotatable bonds is 3. The fourth-order valence-electron chi connectivity index (χ4n) is 2.76. The summed E-state index contributed by atoms with van der Waals surface area (Å²) in [6.07, 6.45) is 5.75. The van der Waals surface area contributed by atoms with Gasteiger partial charge in [-0.15, -0.1) is 0 Å². The first kappa shape index (κ1) is 14.8. The van der Waals surface area contributed by atoms with Crippen molar-refractivity contribution in [2.24, 2.45) is 5.73 Å². The van der Waals surface area contributed by atoms with E-state index in [9.17, 15) is 0 Å². The molecule has 112 valence electrons. The highest BCUT2D eigenvalue weighted by Gasteiger charge is 2.35. The van der Waals surface area contributed by atoms with Crippen LogP contribution in [0.1, 0.15) is 49.4 Å². The molecule has 1 aromatic heterocycles. The van der Waals surface area contributed by atoms with E-state index in [2.05, 4.69) is 10.1 Å². The second-order valence-corrected chi connectivity index (χ2v) is 6.49. The molecule has 6 heteroatoms. The van der Waals surface area contributed by atoms with Gasteiger partial charge in [0.15, 0.2) is 5.82 Å². The molecule has 1 aliphatic rings. The minimum atomic E-state index is -0.465. The van der Waals surface area contributed by atoms with Crippen molar-refractivity contribution in [3.8, 4) is 0 Å². The molecular formula is C15H17Cl2N3O. The highest BCUT2D eigenvalue weighted by atomic mass is 35.5. The van der Waals surface area contributed by atoms with Crippen molar-refractivity contribution < 1.29 is 4.52 Å². The Morgan fingerprint density at radius 2 is 1.95 bits per heavy atom. The lowest BCUT2D eigenvalue weighted by atomic mass is 9.82. The molecule has 1 aromatic carbocycles. The van der Waals surface area contributed by atoms with Crippen molar-refractivity contribution in [3.05, 3.63) is 45.5 Å². The standard InChI is InChI=1S/C15H17Cl2N3O/c16-11-5-4-10(12(17)9-11)8-13-19-14(21-20-13)15(18)6-2-1-3-7-15/h4-5,9H,1-3,6-8,18H2. The first-order chi connectivity index (χ1) is 10.1. The van der Waals surface area contributed by atoms with Gasteiger partial charge in [-0.3, -0.25) is 0 Å². The van der Waals surface area contributed by atoms with Crippen LogP contribution in [0.4, 0.5) is 0 Å². The second kappa shape index (κ2) is 5.95. The molecule has 2 aromatic rings. The lowest BCUT2D eigenvalue weighted by molar-refractivity contribution is 0.219. The number of nitrogens with two attached hydrogens (primary N) is 1. The summed E-state index contributed by atoms with van der Waals surface area (Å²) >= 11 is 12.1. The van der Waals surface area contributed by atoms with Crippen molar-refractivity contribution in [1.82, 2.24) is 10.1 Å². The summed E-state index contributed by atoms with van der Waals surface area (Å²) in [5, 5.41) is 5.25. The van der Waals surface area contributed by atoms with Gasteiger partial charge in [0.05, 0.1) is 5.54 Å². The van der Waals surface area contributed by atoms with Crippen LogP contribution in [0, 0.1) is 0 Å². The van der Waals surface area contributed by atoms with E-state index < -0.39 is 5.54 Å². The minimum Gasteiger partial charge on any atom is -0.337 e. The molecule has 0 atom stereocenters. The summed E-state index contributed by atoms with van der Waals surface area (Å²) in [6, 6.07) is 5.39. The number of halogens is 2. The summed E-state index contributed by atoms with van der Waals surface area (Å²) in [5.74, 6) is 1.15. The Kier molecular flexibility index (Phi) is 4.20. The van der Waals surface area contributed by atoms with E-state index in [-0.39, 0.29) is 0 Å². The van der Waals surface area contributed by atoms with Gasteiger partial charge in [-0.1, -0.05) is 53.7 Å². The van der Waals surface area contributed by atoms with Crippen LogP contribution in [-0.4, -0.2) is 10.1 Å². The van der Waals surface area contributed by atoms with Crippen LogP contribution >= 0.6 is 23.2 Å². The zero-order valence-electron chi connectivity index (χ0n) is 11.6. The van der Waals surface area contributed by atoms with E-state index in [1.54, 1.807) is 12.1 Å². The average molecular weight is 326 g/mol. The van der Waals surface area contributed by atoms with E-state index in [1.807, 2.05) is 6.07 Å². The van der Waals surface area contributed by atoms with Crippen molar-refractivity contribution in [1.29, 1.82) is 0 Å². The molecule has 2 N–H and O–H groups in total. The topological polar surface area (TPSA) is 64.9 Å². The number of hydrogen-bond donors (Lipinski definition) is 1. The third kappa shape index (κ3) is 3.23. The van der Waals surface area contributed by atoms with E-state index in [1.165, 1.54) is 6.42 Å². The molecule has 1 fully saturated rings. The van der Waals surface area contributed by atoms with Crippen molar-refractivity contribution in [2.75, 3.05) is 0 Å². The van der Waals surface area contributed by atoms with Gasteiger partial charge in [0, 0.05) is 16.5 Å². The Morgan fingerprint density at radius 3 is 2.67 bits per heavy atom. The van der Waals surface area contributed by atoms with Crippen molar-refractivity contribution in [2.45, 2.75) is 44.1 Å². The number of benzene rings is 1. The minimum absolute atomic E-state index is 0.465. The first-order valence-electron chi connectivity index (χ1n) is 7.13. The number of nitrogens with zero attached hydrogens (tertiary/aromatic N) is 2. The molecule has 0 unspecified atom stereocenters. The highest BCUT2D eigenvalue weighted by Crippen LogP contribution is 2.34. The Morgan fingerprint density at radius 1 is 1.19 bits per heavy atom. The molecule has 0 spiro atoms. The molecule has 1 heterocycles. The predicted octanol–water partition coefficient (Wildman–Crippen LogP) is 4.09. The quantitative estimate of drug-likeness (QED) is 0.923. The SMILES string of the molecule is NC1(c2nc(Cc3ccc(Cl)cc3Cl)no2)CCCCC1. The average Bonchev–Trinajstić information content (AvgIpc) is 2.92. The fraction of sp³-hybridized carbons (Fsp3) is 0.467. The summed E-state index contributed by atoms with van der Waals surface area (Å²) in [5.41, 5.74) is 6.85. The molecule has 1 aliphatic carbocycles. The second-order valence-electron chi connectivity index (χ2n) is 5.65. The van der Waals surface area contributed by atoms with E-state index in [4.69, 9.17) is 33.5 Å². The van der Waals surface area contributed by atoms with Gasteiger partial charge in [-0.25, -0.2) is 0 Å². The molecule has 3 rings (SSSR count). The lowest BCUT2D eigenvalue weighted by Gasteiger charge is -2.29. The largest absolute Gasteiger partial charge is 0.337 e. The van der Waals surface area contributed by atoms with Gasteiger partial charge in [0.25, 0.3) is 0 Å². The van der Waals surface area contributed by atoms with Gasteiger partial charge in [-0.05, 0) is 30.5 Å². The maximum Gasteiger partial charge on any atom is 0.246 e. The van der Waals surface area contributed by atoms with Crippen molar-refractivity contribution in [3.63, 3.8) is 0 Å². The monoisotopic (exact) mass is 325 g/mol. The van der Waals surface area contributed by atoms with Crippen LogP contribution in [0.2, 0.25) is 10.0 Å². The van der Waals surface area contributed by atoms with Crippen LogP contribution in [0.5, 0.6) is 0 Å². The van der Waals surface area contributed by atoms with E-state index >= 15 is 0 Å². The van der Waals surface area contributed by atoms with Gasteiger partial charge in [-0.2, -0.15) is 4.98 Å². The maximum absolute atomic E-state index is 6.40. The Hall–Kier alpha value is -1.10. The third-order valence-electron chi connectivity index (χ3n) is 4.00. The van der Waals surface area contributed by atoms with Crippen LogP contribution in [0.15, 0.2) is 22.7 Å². The Labute approximate surface area is 133 Å². The first-order valence-corrected chi connectivity index (χ1v) is 7.88. The Balaban J connectivity index is 1.78. The summed E-state index contributed by atoms with van der Waals surface area (Å²) in [6.45, 7) is 0. The van der Waals surface area contributed by atoms with Crippen LogP contribution < -0.4 is 5.73 Å². The molecule has 0 saturated heterocycles. The summed E-state index contributed by atoms with van der Waals surface area (Å²) in [7, 11) is 0. The van der Waals surface area contributed by atoms with Crippen molar-refractivity contribution >= 4 is 23.2 Å². The highest BCUT2D eigenvalue weighted by molar-refractivity contribution is 6.35. The molecule has 1 saturated carbocycles. The maximum atomic E-state index is 6.40. The van der Waals surface area contributed by atoms with Gasteiger partial charge >= 0.3 is 0 Å². The molecule has 0 amide bonds. The smallest absolute Gasteiger partial charge is 0.246 e. The van der Waals surface area contributed by atoms with Crippen LogP contribution in [0.3, 0.4) is 0 Å². The number of aromatic nitrogens is 2. The normalized spacial score (nSPS) is 17.9. The summed E-state index contributed by atoms with van der Waals surface area (Å²) < 4.78 is 5.39. The predicted molar refractivity (Wildman–Crippen MR) is 82.5 cm³/mol. The number of hydrogen-bond acceptors (Lipinski definition) is 4. The van der Waals surface area contributed by atoms with Crippen LogP contribution in [-0.2, 0) is 12.0 Å². The summed E-state index contributed by atoms with van der Waals surface area (Å²) in [4.78, 5) is 4.47. The fourth-order valence-corrected chi connectivity index (χ4v) is 3.24. The molecule has 0 radical (unpaired) electrons. The molecule has 0 bridgehead atoms. The zero-order chi connectivity index (χ0) is 14.9. The molecule has 0 aliphatic heterocycles. The van der Waals surface area contributed by atoms with Crippen LogP contribution in [0.25, 0.3) is 0 Å². The molecule has 21 heavy (non-hydrogen) atoms. The lowest BCUT2D eigenvalue weighted by Crippen LogP contribution is -2.39. The van der Waals surface area contributed by atoms with Gasteiger partial charge in [0.2, 0.25) is 5.89 Å². The molecular weight excluding hydrogens is 309 g/mol. The van der Waals surface area contributed by atoms with E-state index in [0.717, 1.165) is 31.2 Å².